The Morgan fingerprint density at radius 1 is 1.55 bits per heavy atom. The Morgan fingerprint density at radius 3 is 2.95 bits per heavy atom. The highest BCUT2D eigenvalue weighted by atomic mass is 32.2. The Bertz CT molecular complexity index is 560. The van der Waals surface area contributed by atoms with Crippen LogP contribution >= 0.6 is 0 Å². The van der Waals surface area contributed by atoms with E-state index in [4.69, 9.17) is 10.5 Å². The molecule has 2 N–H and O–H groups in total. The van der Waals surface area contributed by atoms with E-state index in [9.17, 15) is 8.42 Å². The van der Waals surface area contributed by atoms with Crippen molar-refractivity contribution in [3.05, 3.63) is 18.3 Å². The van der Waals surface area contributed by atoms with Gasteiger partial charge < -0.3 is 10.5 Å². The first-order chi connectivity index (χ1) is 9.40. The molecule has 2 heterocycles. The summed E-state index contributed by atoms with van der Waals surface area (Å²) < 4.78 is 30.3. The molecule has 1 unspecified atom stereocenters. The van der Waals surface area contributed by atoms with E-state index in [2.05, 4.69) is 23.7 Å². The number of hydrogen-bond donors (Lipinski definition) is 1. The molecular weight excluding hydrogens is 278 g/mol. The van der Waals surface area contributed by atoms with E-state index in [0.717, 1.165) is 6.54 Å². The molecule has 1 aromatic heterocycles. The second-order valence-electron chi connectivity index (χ2n) is 5.26. The molecule has 2 rings (SSSR count). The third-order valence-electron chi connectivity index (χ3n) is 3.40. The summed E-state index contributed by atoms with van der Waals surface area (Å²) >= 11 is 0. The summed E-state index contributed by atoms with van der Waals surface area (Å²) in [7, 11) is -3.53. The second-order valence-corrected chi connectivity index (χ2v) is 7.21. The number of hydrogen-bond acceptors (Lipinski definition) is 6. The minimum absolute atomic E-state index is 0.0507. The fraction of sp³-hybridized carbons (Fsp3) is 0.615. The van der Waals surface area contributed by atoms with E-state index in [-0.39, 0.29) is 22.6 Å². The zero-order valence-corrected chi connectivity index (χ0v) is 12.6. The van der Waals surface area contributed by atoms with Crippen molar-refractivity contribution >= 4 is 15.5 Å². The molecule has 1 aliphatic heterocycles. The molecule has 0 bridgehead atoms. The smallest absolute Gasteiger partial charge is 0.200 e. The molecule has 0 amide bonds. The predicted molar refractivity (Wildman–Crippen MR) is 77.2 cm³/mol. The summed E-state index contributed by atoms with van der Waals surface area (Å²) in [5.41, 5.74) is 5.88. The average Bonchev–Trinajstić information content (AvgIpc) is 2.38. The van der Waals surface area contributed by atoms with E-state index >= 15 is 0 Å². The summed E-state index contributed by atoms with van der Waals surface area (Å²) in [6.45, 7) is 6.18. The zero-order valence-electron chi connectivity index (χ0n) is 11.8. The second kappa shape index (κ2) is 6.07. The number of rotatable bonds is 4. The number of nitrogen functional groups attached to an aromatic ring is 1. The van der Waals surface area contributed by atoms with Crippen LogP contribution in [0, 0.1) is 0 Å². The van der Waals surface area contributed by atoms with Crippen molar-refractivity contribution in [3.8, 4) is 0 Å². The molecule has 112 valence electrons. The Kier molecular flexibility index (Phi) is 4.62. The lowest BCUT2D eigenvalue weighted by Gasteiger charge is -2.35. The van der Waals surface area contributed by atoms with Gasteiger partial charge in [0.05, 0.1) is 24.2 Å². The van der Waals surface area contributed by atoms with Gasteiger partial charge in [0.15, 0.2) is 14.9 Å². The van der Waals surface area contributed by atoms with E-state index in [1.807, 2.05) is 0 Å². The lowest BCUT2D eigenvalue weighted by molar-refractivity contribution is -0.0272. The van der Waals surface area contributed by atoms with Crippen molar-refractivity contribution in [2.75, 3.05) is 31.2 Å². The summed E-state index contributed by atoms with van der Waals surface area (Å²) in [5.74, 6) is -0.0859. The van der Waals surface area contributed by atoms with Crippen LogP contribution in [0.15, 0.2) is 23.4 Å². The van der Waals surface area contributed by atoms with E-state index in [1.165, 1.54) is 6.20 Å². The highest BCUT2D eigenvalue weighted by Crippen LogP contribution is 2.19. The highest BCUT2D eigenvalue weighted by molar-refractivity contribution is 7.91. The molecule has 1 fully saturated rings. The van der Waals surface area contributed by atoms with Gasteiger partial charge >= 0.3 is 0 Å². The van der Waals surface area contributed by atoms with Crippen LogP contribution in [0.25, 0.3) is 0 Å². The molecule has 1 atom stereocenters. The summed E-state index contributed by atoms with van der Waals surface area (Å²) in [6, 6.07) is 3.54. The monoisotopic (exact) mass is 299 g/mol. The maximum absolute atomic E-state index is 12.4. The van der Waals surface area contributed by atoms with Crippen molar-refractivity contribution < 1.29 is 13.2 Å². The van der Waals surface area contributed by atoms with Gasteiger partial charge in [-0.1, -0.05) is 0 Å². The van der Waals surface area contributed by atoms with Crippen LogP contribution in [0.1, 0.15) is 13.8 Å². The highest BCUT2D eigenvalue weighted by Gasteiger charge is 2.29. The fourth-order valence-corrected chi connectivity index (χ4v) is 3.80. The number of pyridine rings is 1. The number of nitrogens with zero attached hydrogens (tertiary/aromatic N) is 2. The Morgan fingerprint density at radius 2 is 2.30 bits per heavy atom. The fourth-order valence-electron chi connectivity index (χ4n) is 2.30. The normalized spacial score (nSPS) is 21.2. The molecular formula is C13H21N3O3S. The van der Waals surface area contributed by atoms with Gasteiger partial charge in [0.1, 0.15) is 0 Å². The molecule has 1 aliphatic rings. The standard InChI is InChI=1S/C13H21N3O3S/c1-10(2)16-6-7-19-11(8-16)9-20(17,18)13-12(14)4-3-5-15-13/h3-5,10-11H,6-9,14H2,1-2H3. The number of nitrogens with two attached hydrogens (primary N) is 1. The first-order valence-electron chi connectivity index (χ1n) is 6.69. The van der Waals surface area contributed by atoms with E-state index < -0.39 is 9.84 Å². The lowest BCUT2D eigenvalue weighted by atomic mass is 10.2. The minimum Gasteiger partial charge on any atom is -0.396 e. The first-order valence-corrected chi connectivity index (χ1v) is 8.34. The molecule has 1 aromatic rings. The number of aromatic nitrogens is 1. The van der Waals surface area contributed by atoms with Crippen LogP contribution in [0.4, 0.5) is 5.69 Å². The molecule has 20 heavy (non-hydrogen) atoms. The molecule has 7 heteroatoms. The number of morpholine rings is 1. The van der Waals surface area contributed by atoms with Crippen LogP contribution in [0.3, 0.4) is 0 Å². The molecule has 0 aromatic carbocycles. The van der Waals surface area contributed by atoms with Gasteiger partial charge in [0.2, 0.25) is 0 Å². The molecule has 0 radical (unpaired) electrons. The van der Waals surface area contributed by atoms with Crippen LogP contribution in [-0.4, -0.2) is 55.9 Å². The van der Waals surface area contributed by atoms with Crippen LogP contribution < -0.4 is 5.73 Å². The van der Waals surface area contributed by atoms with Crippen molar-refractivity contribution in [1.82, 2.24) is 9.88 Å². The van der Waals surface area contributed by atoms with Crippen LogP contribution in [-0.2, 0) is 14.6 Å². The van der Waals surface area contributed by atoms with Crippen LogP contribution in [0.5, 0.6) is 0 Å². The third kappa shape index (κ3) is 3.47. The Balaban J connectivity index is 2.11. The van der Waals surface area contributed by atoms with Crippen LogP contribution in [0.2, 0.25) is 0 Å². The molecule has 0 spiro atoms. The van der Waals surface area contributed by atoms with E-state index in [0.29, 0.717) is 19.2 Å². The molecule has 0 saturated carbocycles. The maximum atomic E-state index is 12.4. The van der Waals surface area contributed by atoms with Gasteiger partial charge in [-0.15, -0.1) is 0 Å². The molecule has 1 saturated heterocycles. The van der Waals surface area contributed by atoms with Gasteiger partial charge in [-0.2, -0.15) is 0 Å². The largest absolute Gasteiger partial charge is 0.396 e. The average molecular weight is 299 g/mol. The van der Waals surface area contributed by atoms with E-state index in [1.54, 1.807) is 12.1 Å². The van der Waals surface area contributed by atoms with Crippen molar-refractivity contribution in [1.29, 1.82) is 0 Å². The number of sulfone groups is 1. The molecule has 0 aliphatic carbocycles. The van der Waals surface area contributed by atoms with Gasteiger partial charge in [-0.3, -0.25) is 4.90 Å². The zero-order chi connectivity index (χ0) is 14.8. The number of anilines is 1. The van der Waals surface area contributed by atoms with Crippen molar-refractivity contribution in [2.45, 2.75) is 31.0 Å². The summed E-state index contributed by atoms with van der Waals surface area (Å²) in [4.78, 5) is 6.10. The topological polar surface area (TPSA) is 85.5 Å². The SMILES string of the molecule is CC(C)N1CCOC(CS(=O)(=O)c2ncccc2N)C1. The van der Waals surface area contributed by atoms with Gasteiger partial charge in [-0.25, -0.2) is 13.4 Å². The number of ether oxygens (including phenoxy) is 1. The summed E-state index contributed by atoms with van der Waals surface area (Å²) in [5, 5.41) is -0.0507. The van der Waals surface area contributed by atoms with Crippen molar-refractivity contribution in [3.63, 3.8) is 0 Å². The third-order valence-corrected chi connectivity index (χ3v) is 5.14. The minimum atomic E-state index is -3.53. The van der Waals surface area contributed by atoms with Crippen molar-refractivity contribution in [2.24, 2.45) is 0 Å². The van der Waals surface area contributed by atoms with Gasteiger partial charge in [0.25, 0.3) is 0 Å². The first kappa shape index (κ1) is 15.2. The lowest BCUT2D eigenvalue weighted by Crippen LogP contribution is -2.48. The van der Waals surface area contributed by atoms with Gasteiger partial charge in [-0.05, 0) is 26.0 Å². The maximum Gasteiger partial charge on any atom is 0.200 e. The summed E-state index contributed by atoms with van der Waals surface area (Å²) in [6.07, 6.45) is 1.10. The quantitative estimate of drug-likeness (QED) is 0.873. The predicted octanol–water partition coefficient (Wildman–Crippen LogP) is 0.547. The molecule has 6 nitrogen and oxygen atoms in total. The Labute approximate surface area is 119 Å². The Hall–Kier alpha value is -1.18. The van der Waals surface area contributed by atoms with Gasteiger partial charge in [0, 0.05) is 25.3 Å².